The summed E-state index contributed by atoms with van der Waals surface area (Å²) in [6.45, 7) is 4.24. The highest BCUT2D eigenvalue weighted by molar-refractivity contribution is 5.81. The van der Waals surface area contributed by atoms with Gasteiger partial charge >= 0.3 is 0 Å². The summed E-state index contributed by atoms with van der Waals surface area (Å²) < 4.78 is 0. The second-order valence-corrected chi connectivity index (χ2v) is 5.87. The van der Waals surface area contributed by atoms with E-state index in [0.717, 1.165) is 0 Å². The Morgan fingerprint density at radius 2 is 1.75 bits per heavy atom. The largest absolute Gasteiger partial charge is 0.333 e. The van der Waals surface area contributed by atoms with Crippen LogP contribution >= 0.6 is 0 Å². The summed E-state index contributed by atoms with van der Waals surface area (Å²) in [5.41, 5.74) is 5.93. The molecule has 0 spiro atoms. The van der Waals surface area contributed by atoms with E-state index in [2.05, 4.69) is 18.7 Å². The van der Waals surface area contributed by atoms with E-state index in [1.165, 1.54) is 38.5 Å². The van der Waals surface area contributed by atoms with Crippen molar-refractivity contribution < 1.29 is 4.79 Å². The molecule has 0 aromatic heterocycles. The number of amides is 1. The summed E-state index contributed by atoms with van der Waals surface area (Å²) in [5.74, 6) is 0.268. The SMILES string of the molecule is CC1(C)C(N)CC(=O)N1C1CCCCCC1. The van der Waals surface area contributed by atoms with Crippen molar-refractivity contribution in [3.8, 4) is 0 Å². The van der Waals surface area contributed by atoms with Gasteiger partial charge in [0.15, 0.2) is 0 Å². The van der Waals surface area contributed by atoms with Crippen LogP contribution in [0.5, 0.6) is 0 Å². The first kappa shape index (κ1) is 11.9. The zero-order chi connectivity index (χ0) is 11.8. The van der Waals surface area contributed by atoms with E-state index >= 15 is 0 Å². The monoisotopic (exact) mass is 224 g/mol. The fraction of sp³-hybridized carbons (Fsp3) is 0.923. The van der Waals surface area contributed by atoms with E-state index in [0.29, 0.717) is 12.5 Å². The van der Waals surface area contributed by atoms with Gasteiger partial charge in [-0.3, -0.25) is 4.79 Å². The maximum atomic E-state index is 12.1. The first-order chi connectivity index (χ1) is 7.53. The lowest BCUT2D eigenvalue weighted by Crippen LogP contribution is -2.53. The van der Waals surface area contributed by atoms with Crippen molar-refractivity contribution in [3.05, 3.63) is 0 Å². The first-order valence-corrected chi connectivity index (χ1v) is 6.61. The topological polar surface area (TPSA) is 46.3 Å². The zero-order valence-corrected chi connectivity index (χ0v) is 10.5. The standard InChI is InChI=1S/C13H24N2O/c1-13(2)11(14)9-12(16)15(13)10-7-5-3-4-6-8-10/h10-11H,3-9,14H2,1-2H3. The van der Waals surface area contributed by atoms with Crippen LogP contribution in [0.1, 0.15) is 58.8 Å². The molecule has 1 amide bonds. The van der Waals surface area contributed by atoms with Crippen molar-refractivity contribution in [2.75, 3.05) is 0 Å². The van der Waals surface area contributed by atoms with Crippen LogP contribution in [0.2, 0.25) is 0 Å². The number of carbonyl (C=O) groups excluding carboxylic acids is 1. The summed E-state index contributed by atoms with van der Waals surface area (Å²) >= 11 is 0. The summed E-state index contributed by atoms with van der Waals surface area (Å²) in [5, 5.41) is 0. The minimum absolute atomic E-state index is 0.00301. The van der Waals surface area contributed by atoms with Gasteiger partial charge < -0.3 is 10.6 Å². The summed E-state index contributed by atoms with van der Waals surface area (Å²) in [6, 6.07) is 0.446. The Morgan fingerprint density at radius 3 is 2.19 bits per heavy atom. The zero-order valence-electron chi connectivity index (χ0n) is 10.5. The maximum Gasteiger partial charge on any atom is 0.224 e. The molecule has 1 aliphatic carbocycles. The molecule has 2 rings (SSSR count). The van der Waals surface area contributed by atoms with Crippen molar-refractivity contribution in [1.82, 2.24) is 4.90 Å². The molecule has 0 radical (unpaired) electrons. The molecule has 1 saturated heterocycles. The lowest BCUT2D eigenvalue weighted by molar-refractivity contribution is -0.133. The fourth-order valence-corrected chi connectivity index (χ4v) is 3.23. The summed E-state index contributed by atoms with van der Waals surface area (Å²) in [4.78, 5) is 14.2. The molecule has 0 aromatic carbocycles. The van der Waals surface area contributed by atoms with Gasteiger partial charge in [0, 0.05) is 18.5 Å². The van der Waals surface area contributed by atoms with Crippen molar-refractivity contribution in [2.45, 2.75) is 76.4 Å². The second kappa shape index (κ2) is 4.36. The van der Waals surface area contributed by atoms with Gasteiger partial charge in [0.05, 0.1) is 5.54 Å². The number of nitrogens with zero attached hydrogens (tertiary/aromatic N) is 1. The molecule has 2 aliphatic rings. The van der Waals surface area contributed by atoms with Crippen molar-refractivity contribution in [1.29, 1.82) is 0 Å². The lowest BCUT2D eigenvalue weighted by Gasteiger charge is -2.40. The van der Waals surface area contributed by atoms with Crippen LogP contribution in [0.3, 0.4) is 0 Å². The van der Waals surface area contributed by atoms with Crippen LogP contribution < -0.4 is 5.73 Å². The molecule has 0 bridgehead atoms. The van der Waals surface area contributed by atoms with Crippen LogP contribution in [0.15, 0.2) is 0 Å². The molecule has 3 heteroatoms. The molecule has 92 valence electrons. The van der Waals surface area contributed by atoms with E-state index in [1.54, 1.807) is 0 Å². The number of likely N-dealkylation sites (tertiary alicyclic amines) is 1. The highest BCUT2D eigenvalue weighted by Crippen LogP contribution is 2.35. The highest BCUT2D eigenvalue weighted by atomic mass is 16.2. The predicted octanol–water partition coefficient (Wildman–Crippen LogP) is 2.05. The molecule has 1 aliphatic heterocycles. The molecule has 2 N–H and O–H groups in total. The van der Waals surface area contributed by atoms with Crippen LogP contribution in [-0.2, 0) is 4.79 Å². The summed E-state index contributed by atoms with van der Waals surface area (Å²) in [6.07, 6.45) is 8.04. The van der Waals surface area contributed by atoms with Crippen LogP contribution in [-0.4, -0.2) is 28.4 Å². The lowest BCUT2D eigenvalue weighted by atomic mass is 9.94. The minimum atomic E-state index is -0.147. The molecule has 1 heterocycles. The molecular weight excluding hydrogens is 200 g/mol. The van der Waals surface area contributed by atoms with Gasteiger partial charge in [-0.25, -0.2) is 0 Å². The van der Waals surface area contributed by atoms with Gasteiger partial charge in [-0.2, -0.15) is 0 Å². The molecule has 1 atom stereocenters. The third kappa shape index (κ3) is 1.97. The number of rotatable bonds is 1. The van der Waals surface area contributed by atoms with Crippen molar-refractivity contribution in [2.24, 2.45) is 5.73 Å². The number of carbonyl (C=O) groups is 1. The van der Waals surface area contributed by atoms with Crippen molar-refractivity contribution >= 4 is 5.91 Å². The Balaban J connectivity index is 2.14. The molecular formula is C13H24N2O. The quantitative estimate of drug-likeness (QED) is 0.693. The fourth-order valence-electron chi connectivity index (χ4n) is 3.23. The third-order valence-corrected chi connectivity index (χ3v) is 4.38. The number of hydrogen-bond donors (Lipinski definition) is 1. The van der Waals surface area contributed by atoms with Gasteiger partial charge in [0.1, 0.15) is 0 Å². The normalized spacial score (nSPS) is 31.8. The van der Waals surface area contributed by atoms with Crippen molar-refractivity contribution in [3.63, 3.8) is 0 Å². The van der Waals surface area contributed by atoms with Gasteiger partial charge in [-0.05, 0) is 26.7 Å². The van der Waals surface area contributed by atoms with E-state index in [1.807, 2.05) is 0 Å². The van der Waals surface area contributed by atoms with Crippen LogP contribution in [0, 0.1) is 0 Å². The van der Waals surface area contributed by atoms with E-state index in [-0.39, 0.29) is 17.5 Å². The van der Waals surface area contributed by atoms with Crippen LogP contribution in [0.4, 0.5) is 0 Å². The van der Waals surface area contributed by atoms with E-state index in [9.17, 15) is 4.79 Å². The number of nitrogens with two attached hydrogens (primary N) is 1. The van der Waals surface area contributed by atoms with Gasteiger partial charge in [-0.15, -0.1) is 0 Å². The maximum absolute atomic E-state index is 12.1. The highest BCUT2D eigenvalue weighted by Gasteiger charge is 2.46. The predicted molar refractivity (Wildman–Crippen MR) is 65.0 cm³/mol. The average molecular weight is 224 g/mol. The Morgan fingerprint density at radius 1 is 1.19 bits per heavy atom. The van der Waals surface area contributed by atoms with Gasteiger partial charge in [0.25, 0.3) is 0 Å². The third-order valence-electron chi connectivity index (χ3n) is 4.38. The Hall–Kier alpha value is -0.570. The Bertz CT molecular complexity index is 267. The number of hydrogen-bond acceptors (Lipinski definition) is 2. The average Bonchev–Trinajstić information content (AvgIpc) is 2.45. The molecule has 0 aromatic rings. The Labute approximate surface area is 98.4 Å². The second-order valence-electron chi connectivity index (χ2n) is 5.87. The smallest absolute Gasteiger partial charge is 0.224 e. The van der Waals surface area contributed by atoms with E-state index < -0.39 is 0 Å². The molecule has 1 saturated carbocycles. The molecule has 1 unspecified atom stereocenters. The van der Waals surface area contributed by atoms with Gasteiger partial charge in [0.2, 0.25) is 5.91 Å². The summed E-state index contributed by atoms with van der Waals surface area (Å²) in [7, 11) is 0. The Kier molecular flexibility index (Phi) is 3.24. The minimum Gasteiger partial charge on any atom is -0.333 e. The van der Waals surface area contributed by atoms with E-state index in [4.69, 9.17) is 5.73 Å². The van der Waals surface area contributed by atoms with Crippen LogP contribution in [0.25, 0.3) is 0 Å². The molecule has 2 fully saturated rings. The first-order valence-electron chi connectivity index (χ1n) is 6.61. The van der Waals surface area contributed by atoms with Gasteiger partial charge in [-0.1, -0.05) is 25.7 Å². The molecule has 16 heavy (non-hydrogen) atoms. The molecule has 3 nitrogen and oxygen atoms in total.